The molecule has 1 aromatic rings. The summed E-state index contributed by atoms with van der Waals surface area (Å²) in [4.78, 5) is 31.4. The molecule has 9 nitrogen and oxygen atoms in total. The van der Waals surface area contributed by atoms with Gasteiger partial charge in [-0.25, -0.2) is 4.98 Å². The summed E-state index contributed by atoms with van der Waals surface area (Å²) in [5.74, 6) is 0.0492. The van der Waals surface area contributed by atoms with Crippen molar-refractivity contribution < 1.29 is 9.72 Å². The number of nitrogen functional groups attached to an aromatic ring is 1. The fourth-order valence-corrected chi connectivity index (χ4v) is 1.72. The molecule has 0 aliphatic heterocycles. The monoisotopic (exact) mass is 296 g/mol. The van der Waals surface area contributed by atoms with Crippen molar-refractivity contribution >= 4 is 23.4 Å². The number of nitro groups is 1. The van der Waals surface area contributed by atoms with E-state index in [2.05, 4.69) is 15.3 Å². The molecule has 0 unspecified atom stereocenters. The van der Waals surface area contributed by atoms with E-state index in [1.807, 2.05) is 13.8 Å². The zero-order chi connectivity index (χ0) is 16.2. The maximum absolute atomic E-state index is 11.8. The summed E-state index contributed by atoms with van der Waals surface area (Å²) in [6.45, 7) is 5.92. The average Bonchev–Trinajstić information content (AvgIpc) is 2.34. The number of hydrogen-bond acceptors (Lipinski definition) is 7. The number of hydrogen-bond donors (Lipinski definition) is 2. The van der Waals surface area contributed by atoms with E-state index in [1.54, 1.807) is 7.05 Å². The van der Waals surface area contributed by atoms with Gasteiger partial charge in [-0.1, -0.05) is 13.8 Å². The number of likely N-dealkylation sites (N-methyl/N-ethyl adjacent to an activating group) is 1. The Balaban J connectivity index is 2.94. The second-order valence-electron chi connectivity index (χ2n) is 5.15. The molecule has 0 saturated carbocycles. The van der Waals surface area contributed by atoms with E-state index in [4.69, 9.17) is 5.73 Å². The van der Waals surface area contributed by atoms with Crippen LogP contribution in [0.3, 0.4) is 0 Å². The molecule has 1 heterocycles. The van der Waals surface area contributed by atoms with Crippen LogP contribution in [0.4, 0.5) is 17.5 Å². The number of nitrogens with zero attached hydrogens (tertiary/aromatic N) is 4. The molecule has 116 valence electrons. The van der Waals surface area contributed by atoms with E-state index in [9.17, 15) is 14.9 Å². The van der Waals surface area contributed by atoms with Gasteiger partial charge in [0.25, 0.3) is 0 Å². The van der Waals surface area contributed by atoms with Crippen molar-refractivity contribution in [1.82, 2.24) is 15.3 Å². The third kappa shape index (κ3) is 4.55. The summed E-state index contributed by atoms with van der Waals surface area (Å²) in [5, 5.41) is 13.9. The first kappa shape index (κ1) is 16.6. The second-order valence-corrected chi connectivity index (χ2v) is 5.15. The van der Waals surface area contributed by atoms with Crippen molar-refractivity contribution in [3.05, 3.63) is 15.8 Å². The quantitative estimate of drug-likeness (QED) is 0.577. The van der Waals surface area contributed by atoms with Gasteiger partial charge in [0.05, 0.1) is 11.5 Å². The summed E-state index contributed by atoms with van der Waals surface area (Å²) in [5.41, 5.74) is 5.44. The minimum atomic E-state index is -0.577. The average molecular weight is 296 g/mol. The minimum absolute atomic E-state index is 0.0321. The predicted octanol–water partition coefficient (Wildman–Crippen LogP) is 0.484. The molecule has 0 bridgehead atoms. The molecule has 21 heavy (non-hydrogen) atoms. The Morgan fingerprint density at radius 1 is 1.48 bits per heavy atom. The van der Waals surface area contributed by atoms with Gasteiger partial charge in [0, 0.05) is 13.6 Å². The van der Waals surface area contributed by atoms with Gasteiger partial charge in [0.15, 0.2) is 0 Å². The third-order valence-electron chi connectivity index (χ3n) is 2.69. The summed E-state index contributed by atoms with van der Waals surface area (Å²) in [7, 11) is 1.54. The van der Waals surface area contributed by atoms with Gasteiger partial charge in [-0.15, -0.1) is 0 Å². The number of aromatic nitrogens is 2. The lowest BCUT2D eigenvalue weighted by Crippen LogP contribution is -2.37. The van der Waals surface area contributed by atoms with Crippen LogP contribution in [0.2, 0.25) is 0 Å². The molecule has 0 fully saturated rings. The zero-order valence-electron chi connectivity index (χ0n) is 12.6. The van der Waals surface area contributed by atoms with Gasteiger partial charge in [-0.3, -0.25) is 14.9 Å². The highest BCUT2D eigenvalue weighted by Gasteiger charge is 2.25. The molecule has 0 radical (unpaired) electrons. The lowest BCUT2D eigenvalue weighted by Gasteiger charge is -2.18. The number of nitrogens with one attached hydrogen (secondary N) is 1. The van der Waals surface area contributed by atoms with Crippen molar-refractivity contribution in [2.75, 3.05) is 30.8 Å². The van der Waals surface area contributed by atoms with Crippen LogP contribution in [0.15, 0.2) is 0 Å². The second kappa shape index (κ2) is 6.82. The van der Waals surface area contributed by atoms with E-state index in [1.165, 1.54) is 11.8 Å². The lowest BCUT2D eigenvalue weighted by molar-refractivity contribution is -0.385. The smallest absolute Gasteiger partial charge is 0.332 e. The Hall–Kier alpha value is -2.45. The number of carbonyl (C=O) groups is 1. The van der Waals surface area contributed by atoms with Crippen molar-refractivity contribution in [1.29, 1.82) is 0 Å². The van der Waals surface area contributed by atoms with E-state index in [0.717, 1.165) is 0 Å². The molecule has 0 aliphatic rings. The fraction of sp³-hybridized carbons (Fsp3) is 0.583. The van der Waals surface area contributed by atoms with Gasteiger partial charge in [-0.05, 0) is 12.8 Å². The number of anilines is 2. The van der Waals surface area contributed by atoms with Crippen molar-refractivity contribution in [3.63, 3.8) is 0 Å². The summed E-state index contributed by atoms with van der Waals surface area (Å²) >= 11 is 0. The topological polar surface area (TPSA) is 127 Å². The summed E-state index contributed by atoms with van der Waals surface area (Å²) in [6.07, 6.45) is 0. The van der Waals surface area contributed by atoms with Crippen LogP contribution in [-0.2, 0) is 4.79 Å². The number of amides is 1. The first-order valence-electron chi connectivity index (χ1n) is 6.48. The molecule has 0 saturated heterocycles. The standard InChI is InChI=1S/C12H20N6O3/c1-7(2)5-14-9(19)6-17(4)11-10(18(20)21)8(3)15-12(13)16-11/h7H,5-6H2,1-4H3,(H,14,19)(H2,13,15,16). The Labute approximate surface area is 122 Å². The van der Waals surface area contributed by atoms with Crippen LogP contribution >= 0.6 is 0 Å². The Morgan fingerprint density at radius 2 is 2.10 bits per heavy atom. The Kier molecular flexibility index (Phi) is 5.39. The minimum Gasteiger partial charge on any atom is -0.368 e. The molecule has 1 rings (SSSR count). The first-order chi connectivity index (χ1) is 9.72. The summed E-state index contributed by atoms with van der Waals surface area (Å²) < 4.78 is 0. The number of nitrogens with two attached hydrogens (primary N) is 1. The van der Waals surface area contributed by atoms with Gasteiger partial charge in [-0.2, -0.15) is 4.98 Å². The van der Waals surface area contributed by atoms with E-state index >= 15 is 0 Å². The molecule has 1 aromatic heterocycles. The highest BCUT2D eigenvalue weighted by atomic mass is 16.6. The molecule has 1 amide bonds. The van der Waals surface area contributed by atoms with Gasteiger partial charge >= 0.3 is 5.69 Å². The third-order valence-corrected chi connectivity index (χ3v) is 2.69. The number of carbonyl (C=O) groups excluding carboxylic acids is 1. The normalized spacial score (nSPS) is 10.5. The number of aryl methyl sites for hydroxylation is 1. The van der Waals surface area contributed by atoms with Crippen LogP contribution in [0, 0.1) is 23.0 Å². The van der Waals surface area contributed by atoms with Crippen molar-refractivity contribution in [3.8, 4) is 0 Å². The molecule has 3 N–H and O–H groups in total. The van der Waals surface area contributed by atoms with Crippen LogP contribution in [0.25, 0.3) is 0 Å². The van der Waals surface area contributed by atoms with Crippen LogP contribution in [0.1, 0.15) is 19.5 Å². The maximum atomic E-state index is 11.8. The molecular weight excluding hydrogens is 276 g/mol. The van der Waals surface area contributed by atoms with Gasteiger partial charge in [0.2, 0.25) is 17.7 Å². The van der Waals surface area contributed by atoms with E-state index < -0.39 is 4.92 Å². The van der Waals surface area contributed by atoms with Crippen molar-refractivity contribution in [2.45, 2.75) is 20.8 Å². The van der Waals surface area contributed by atoms with Gasteiger partial charge < -0.3 is 16.0 Å². The SMILES string of the molecule is Cc1nc(N)nc(N(C)CC(=O)NCC(C)C)c1[N+](=O)[O-]. The molecule has 0 aliphatic carbocycles. The Morgan fingerprint density at radius 3 is 2.62 bits per heavy atom. The maximum Gasteiger partial charge on any atom is 0.332 e. The highest BCUT2D eigenvalue weighted by Crippen LogP contribution is 2.28. The fourth-order valence-electron chi connectivity index (χ4n) is 1.72. The van der Waals surface area contributed by atoms with Gasteiger partial charge in [0.1, 0.15) is 5.69 Å². The van der Waals surface area contributed by atoms with Crippen molar-refractivity contribution in [2.24, 2.45) is 5.92 Å². The molecule has 0 spiro atoms. The molecular formula is C12H20N6O3. The number of rotatable bonds is 6. The first-order valence-corrected chi connectivity index (χ1v) is 6.48. The largest absolute Gasteiger partial charge is 0.368 e. The zero-order valence-corrected chi connectivity index (χ0v) is 12.6. The van der Waals surface area contributed by atoms with Crippen LogP contribution in [-0.4, -0.2) is 40.9 Å². The lowest BCUT2D eigenvalue weighted by atomic mass is 10.2. The van der Waals surface area contributed by atoms with Crippen LogP contribution in [0.5, 0.6) is 0 Å². The highest BCUT2D eigenvalue weighted by molar-refractivity contribution is 5.82. The van der Waals surface area contributed by atoms with E-state index in [-0.39, 0.29) is 35.6 Å². The van der Waals surface area contributed by atoms with Crippen LogP contribution < -0.4 is 16.0 Å². The molecule has 9 heteroatoms. The molecule has 0 aromatic carbocycles. The summed E-state index contributed by atoms with van der Waals surface area (Å²) in [6, 6.07) is 0. The Bertz CT molecular complexity index is 546. The molecule has 0 atom stereocenters. The van der Waals surface area contributed by atoms with E-state index in [0.29, 0.717) is 12.5 Å². The predicted molar refractivity (Wildman–Crippen MR) is 79.0 cm³/mol.